The van der Waals surface area contributed by atoms with Crippen LogP contribution in [-0.4, -0.2) is 29.3 Å². The second-order valence-electron chi connectivity index (χ2n) is 4.22. The van der Waals surface area contributed by atoms with Gasteiger partial charge >= 0.3 is 11.9 Å². The van der Waals surface area contributed by atoms with Crippen molar-refractivity contribution in [2.24, 2.45) is 0 Å². The smallest absolute Gasteiger partial charge is 0.336 e. The largest absolute Gasteiger partial charge is 0.496 e. The molecule has 0 unspecified atom stereocenters. The standard InChI is InChI=1S/C15H11ClO5/c1-21-13-5-3-9(16)7-11(13)8-2-4-10(14(17)18)12(6-8)15(19)20/h2-7H,1H3,(H,17,18)(H,19,20). The summed E-state index contributed by atoms with van der Waals surface area (Å²) in [5.74, 6) is -2.09. The van der Waals surface area contributed by atoms with Gasteiger partial charge in [0.15, 0.2) is 0 Å². The van der Waals surface area contributed by atoms with Crippen molar-refractivity contribution in [2.75, 3.05) is 7.11 Å². The van der Waals surface area contributed by atoms with Gasteiger partial charge in [0.25, 0.3) is 0 Å². The number of hydrogen-bond donors (Lipinski definition) is 2. The van der Waals surface area contributed by atoms with Crippen molar-refractivity contribution in [1.29, 1.82) is 0 Å². The third-order valence-corrected chi connectivity index (χ3v) is 3.19. The zero-order valence-corrected chi connectivity index (χ0v) is 11.7. The Balaban J connectivity index is 2.66. The van der Waals surface area contributed by atoms with Gasteiger partial charge in [-0.25, -0.2) is 9.59 Å². The van der Waals surface area contributed by atoms with E-state index in [1.54, 1.807) is 18.2 Å². The molecule has 2 N–H and O–H groups in total. The summed E-state index contributed by atoms with van der Waals surface area (Å²) in [7, 11) is 1.48. The van der Waals surface area contributed by atoms with E-state index in [-0.39, 0.29) is 11.1 Å². The van der Waals surface area contributed by atoms with E-state index in [0.717, 1.165) is 0 Å². The fraction of sp³-hybridized carbons (Fsp3) is 0.0667. The number of methoxy groups -OCH3 is 1. The Bertz CT molecular complexity index is 724. The average Bonchev–Trinajstić information content (AvgIpc) is 2.46. The number of aromatic carboxylic acids is 2. The summed E-state index contributed by atoms with van der Waals surface area (Å²) in [5, 5.41) is 18.6. The van der Waals surface area contributed by atoms with E-state index < -0.39 is 11.9 Å². The minimum Gasteiger partial charge on any atom is -0.496 e. The second-order valence-corrected chi connectivity index (χ2v) is 4.65. The number of rotatable bonds is 4. The summed E-state index contributed by atoms with van der Waals surface area (Å²) >= 11 is 5.94. The van der Waals surface area contributed by atoms with E-state index in [1.165, 1.54) is 25.3 Å². The second kappa shape index (κ2) is 5.85. The van der Waals surface area contributed by atoms with Gasteiger partial charge < -0.3 is 14.9 Å². The summed E-state index contributed by atoms with van der Waals surface area (Å²) in [4.78, 5) is 22.3. The van der Waals surface area contributed by atoms with E-state index in [2.05, 4.69) is 0 Å². The van der Waals surface area contributed by atoms with Crippen molar-refractivity contribution in [3.05, 3.63) is 52.5 Å². The molecule has 0 heterocycles. The van der Waals surface area contributed by atoms with Crippen molar-refractivity contribution in [1.82, 2.24) is 0 Å². The molecule has 5 nitrogen and oxygen atoms in total. The normalized spacial score (nSPS) is 10.2. The highest BCUT2D eigenvalue weighted by Crippen LogP contribution is 2.33. The van der Waals surface area contributed by atoms with Gasteiger partial charge in [-0.3, -0.25) is 0 Å². The van der Waals surface area contributed by atoms with E-state index >= 15 is 0 Å². The van der Waals surface area contributed by atoms with E-state index in [0.29, 0.717) is 21.9 Å². The quantitative estimate of drug-likeness (QED) is 0.904. The summed E-state index contributed by atoms with van der Waals surface area (Å²) in [5.41, 5.74) is 0.537. The lowest BCUT2D eigenvalue weighted by Gasteiger charge is -2.11. The molecule has 0 atom stereocenters. The molecule has 2 aromatic rings. The minimum atomic E-state index is -1.31. The van der Waals surface area contributed by atoms with E-state index in [4.69, 9.17) is 26.6 Å². The highest BCUT2D eigenvalue weighted by molar-refractivity contribution is 6.31. The first-order valence-corrected chi connectivity index (χ1v) is 6.26. The number of halogens is 1. The van der Waals surface area contributed by atoms with Gasteiger partial charge in [0, 0.05) is 10.6 Å². The number of hydrogen-bond acceptors (Lipinski definition) is 3. The number of benzene rings is 2. The molecule has 0 saturated heterocycles. The monoisotopic (exact) mass is 306 g/mol. The molecule has 0 fully saturated rings. The molecule has 0 aliphatic heterocycles. The predicted octanol–water partition coefficient (Wildman–Crippen LogP) is 3.41. The minimum absolute atomic E-state index is 0.271. The van der Waals surface area contributed by atoms with Gasteiger partial charge in [-0.1, -0.05) is 17.7 Å². The highest BCUT2D eigenvalue weighted by atomic mass is 35.5. The molecule has 0 bridgehead atoms. The molecule has 6 heteroatoms. The summed E-state index contributed by atoms with van der Waals surface area (Å²) in [6.45, 7) is 0. The maximum atomic E-state index is 11.2. The molecule has 0 aliphatic rings. The van der Waals surface area contributed by atoms with Crippen LogP contribution in [0.4, 0.5) is 0 Å². The molecule has 2 rings (SSSR count). The zero-order valence-electron chi connectivity index (χ0n) is 11.0. The lowest BCUT2D eigenvalue weighted by molar-refractivity contribution is 0.0651. The lowest BCUT2D eigenvalue weighted by atomic mass is 9.98. The summed E-state index contributed by atoms with van der Waals surface area (Å²) in [6.07, 6.45) is 0. The van der Waals surface area contributed by atoms with Crippen LogP contribution in [0.15, 0.2) is 36.4 Å². The van der Waals surface area contributed by atoms with Crippen LogP contribution in [-0.2, 0) is 0 Å². The Labute approximate surface area is 125 Å². The maximum Gasteiger partial charge on any atom is 0.336 e. The third-order valence-electron chi connectivity index (χ3n) is 2.95. The fourth-order valence-corrected chi connectivity index (χ4v) is 2.15. The van der Waals surface area contributed by atoms with Gasteiger partial charge in [-0.15, -0.1) is 0 Å². The Morgan fingerprint density at radius 3 is 2.24 bits per heavy atom. The van der Waals surface area contributed by atoms with Crippen LogP contribution in [0.2, 0.25) is 5.02 Å². The number of carbonyl (C=O) groups is 2. The van der Waals surface area contributed by atoms with Gasteiger partial charge in [-0.05, 0) is 35.9 Å². The van der Waals surface area contributed by atoms with Gasteiger partial charge in [-0.2, -0.15) is 0 Å². The van der Waals surface area contributed by atoms with Crippen molar-refractivity contribution in [3.63, 3.8) is 0 Å². The molecular weight excluding hydrogens is 296 g/mol. The number of carboxylic acids is 2. The molecule has 0 saturated carbocycles. The molecule has 21 heavy (non-hydrogen) atoms. The Hall–Kier alpha value is -2.53. The van der Waals surface area contributed by atoms with Crippen LogP contribution < -0.4 is 4.74 Å². The van der Waals surface area contributed by atoms with Gasteiger partial charge in [0.1, 0.15) is 5.75 Å². The Kier molecular flexibility index (Phi) is 4.14. The maximum absolute atomic E-state index is 11.2. The Morgan fingerprint density at radius 2 is 1.67 bits per heavy atom. The van der Waals surface area contributed by atoms with Crippen LogP contribution >= 0.6 is 11.6 Å². The molecule has 0 aliphatic carbocycles. The molecule has 0 spiro atoms. The summed E-state index contributed by atoms with van der Waals surface area (Å²) < 4.78 is 5.21. The SMILES string of the molecule is COc1ccc(Cl)cc1-c1ccc(C(=O)O)c(C(=O)O)c1. The predicted molar refractivity (Wildman–Crippen MR) is 77.4 cm³/mol. The first-order chi connectivity index (χ1) is 9.93. The molecule has 0 radical (unpaired) electrons. The van der Waals surface area contributed by atoms with Crippen molar-refractivity contribution in [2.45, 2.75) is 0 Å². The highest BCUT2D eigenvalue weighted by Gasteiger charge is 2.18. The van der Waals surface area contributed by atoms with E-state index in [9.17, 15) is 9.59 Å². The zero-order chi connectivity index (χ0) is 15.6. The first-order valence-electron chi connectivity index (χ1n) is 5.88. The van der Waals surface area contributed by atoms with Crippen LogP contribution in [0.25, 0.3) is 11.1 Å². The average molecular weight is 307 g/mol. The topological polar surface area (TPSA) is 83.8 Å². The fourth-order valence-electron chi connectivity index (χ4n) is 1.98. The van der Waals surface area contributed by atoms with Crippen LogP contribution in [0.3, 0.4) is 0 Å². The number of ether oxygens (including phenoxy) is 1. The molecule has 2 aromatic carbocycles. The van der Waals surface area contributed by atoms with Crippen LogP contribution in [0, 0.1) is 0 Å². The Morgan fingerprint density at radius 1 is 1.00 bits per heavy atom. The van der Waals surface area contributed by atoms with Crippen molar-refractivity contribution < 1.29 is 24.5 Å². The number of carboxylic acid groups (broad SMARTS) is 2. The van der Waals surface area contributed by atoms with Crippen LogP contribution in [0.1, 0.15) is 20.7 Å². The van der Waals surface area contributed by atoms with Crippen molar-refractivity contribution in [3.8, 4) is 16.9 Å². The lowest BCUT2D eigenvalue weighted by Crippen LogP contribution is -2.08. The molecular formula is C15H11ClO5. The first kappa shape index (κ1) is 14.9. The van der Waals surface area contributed by atoms with Gasteiger partial charge in [0.05, 0.1) is 18.2 Å². The third kappa shape index (κ3) is 2.98. The molecule has 0 amide bonds. The van der Waals surface area contributed by atoms with Gasteiger partial charge in [0.2, 0.25) is 0 Å². The van der Waals surface area contributed by atoms with Crippen molar-refractivity contribution >= 4 is 23.5 Å². The summed E-state index contributed by atoms with van der Waals surface area (Å²) in [6, 6.07) is 8.99. The molecule has 108 valence electrons. The van der Waals surface area contributed by atoms with Crippen LogP contribution in [0.5, 0.6) is 5.75 Å². The van der Waals surface area contributed by atoms with E-state index in [1.807, 2.05) is 0 Å². The molecule has 0 aromatic heterocycles.